The molecule has 0 unspecified atom stereocenters. The van der Waals surface area contributed by atoms with Gasteiger partial charge in [-0.2, -0.15) is 0 Å². The third-order valence-corrected chi connectivity index (χ3v) is 10.1. The number of benzene rings is 6. The molecule has 2 heteroatoms. The van der Waals surface area contributed by atoms with Crippen LogP contribution in [0.5, 0.6) is 0 Å². The molecular weight excluding hydrogens is 490 g/mol. The molecular formula is C37H25NS. The average Bonchev–Trinajstić information content (AvgIpc) is 3.58. The number of fused-ring (bicyclic) bond motifs is 12. The molecule has 184 valence electrons. The van der Waals surface area contributed by atoms with E-state index >= 15 is 0 Å². The molecule has 0 fully saturated rings. The highest BCUT2D eigenvalue weighted by Crippen LogP contribution is 2.55. The highest BCUT2D eigenvalue weighted by atomic mass is 32.1. The highest BCUT2D eigenvalue weighted by molar-refractivity contribution is 7.25. The number of aromatic nitrogens is 1. The maximum atomic E-state index is 2.48. The van der Waals surface area contributed by atoms with Crippen LogP contribution >= 0.6 is 11.3 Å². The Kier molecular flexibility index (Phi) is 4.07. The van der Waals surface area contributed by atoms with Crippen LogP contribution in [-0.4, -0.2) is 4.57 Å². The lowest BCUT2D eigenvalue weighted by atomic mass is 9.80. The summed E-state index contributed by atoms with van der Waals surface area (Å²) < 4.78 is 5.16. The minimum atomic E-state index is -0.0720. The zero-order valence-corrected chi connectivity index (χ0v) is 22.6. The molecule has 0 amide bonds. The summed E-state index contributed by atoms with van der Waals surface area (Å²) >= 11 is 1.87. The second-order valence-electron chi connectivity index (χ2n) is 11.3. The number of nitrogens with zero attached hydrogens (tertiary/aromatic N) is 1. The van der Waals surface area contributed by atoms with Crippen molar-refractivity contribution >= 4 is 64.1 Å². The molecule has 9 rings (SSSR count). The highest BCUT2D eigenvalue weighted by Gasteiger charge is 2.38. The molecule has 0 saturated heterocycles. The first-order valence-electron chi connectivity index (χ1n) is 13.6. The Morgan fingerprint density at radius 1 is 0.590 bits per heavy atom. The van der Waals surface area contributed by atoms with Gasteiger partial charge in [-0.05, 0) is 69.4 Å². The molecule has 1 aliphatic rings. The van der Waals surface area contributed by atoms with Crippen molar-refractivity contribution in [2.45, 2.75) is 19.3 Å². The van der Waals surface area contributed by atoms with E-state index in [0.717, 1.165) is 0 Å². The van der Waals surface area contributed by atoms with Gasteiger partial charge in [-0.1, -0.05) is 92.7 Å². The first-order valence-corrected chi connectivity index (χ1v) is 14.4. The number of para-hydroxylation sites is 1. The van der Waals surface area contributed by atoms with Gasteiger partial charge >= 0.3 is 0 Å². The Hall–Kier alpha value is -4.40. The summed E-state index contributed by atoms with van der Waals surface area (Å²) in [4.78, 5) is 0. The Balaban J connectivity index is 1.42. The lowest BCUT2D eigenvalue weighted by Crippen LogP contribution is -2.15. The lowest BCUT2D eigenvalue weighted by molar-refractivity contribution is 0.666. The molecule has 0 atom stereocenters. The molecule has 0 bridgehead atoms. The van der Waals surface area contributed by atoms with Crippen molar-refractivity contribution in [1.82, 2.24) is 4.57 Å². The molecule has 0 aliphatic heterocycles. The third-order valence-electron chi connectivity index (χ3n) is 8.95. The van der Waals surface area contributed by atoms with Crippen LogP contribution in [0.3, 0.4) is 0 Å². The Morgan fingerprint density at radius 3 is 2.23 bits per heavy atom. The van der Waals surface area contributed by atoms with E-state index in [9.17, 15) is 0 Å². The van der Waals surface area contributed by atoms with Gasteiger partial charge in [-0.3, -0.25) is 0 Å². The van der Waals surface area contributed by atoms with Crippen molar-refractivity contribution in [3.05, 3.63) is 126 Å². The monoisotopic (exact) mass is 515 g/mol. The van der Waals surface area contributed by atoms with Crippen LogP contribution < -0.4 is 0 Å². The van der Waals surface area contributed by atoms with Gasteiger partial charge in [0.2, 0.25) is 0 Å². The van der Waals surface area contributed by atoms with E-state index in [2.05, 4.69) is 134 Å². The summed E-state index contributed by atoms with van der Waals surface area (Å²) in [5.41, 5.74) is 9.31. The first-order chi connectivity index (χ1) is 19.1. The standard InChI is InChI=1S/C37H25NS/c1-37(2)29-18-19-31-35(34(29)27-17-15-22-9-3-4-10-24(22)36(27)37)26-12-5-7-13-30(26)38(31)23-16-20-33-28(21-23)25-11-6-8-14-32(25)39-33/h3-21H,1-2H3. The molecule has 0 saturated carbocycles. The predicted molar refractivity (Wildman–Crippen MR) is 169 cm³/mol. The van der Waals surface area contributed by atoms with Crippen LogP contribution in [0.15, 0.2) is 115 Å². The SMILES string of the molecule is CC1(C)c2ccc3c(c2-c2ccc4ccccc4c21)c1ccccc1n3-c1ccc2sc3ccccc3c2c1. The summed E-state index contributed by atoms with van der Waals surface area (Å²) in [6, 6.07) is 42.9. The zero-order chi connectivity index (χ0) is 25.9. The maximum Gasteiger partial charge on any atom is 0.0547 e. The molecule has 6 aromatic carbocycles. The van der Waals surface area contributed by atoms with Crippen molar-refractivity contribution in [2.24, 2.45) is 0 Å². The number of rotatable bonds is 1. The molecule has 0 radical (unpaired) electrons. The van der Waals surface area contributed by atoms with Crippen LogP contribution in [0.1, 0.15) is 25.0 Å². The summed E-state index contributed by atoms with van der Waals surface area (Å²) in [7, 11) is 0. The second kappa shape index (κ2) is 7.37. The molecule has 0 N–H and O–H groups in total. The van der Waals surface area contributed by atoms with Crippen LogP contribution in [0.25, 0.3) is 69.6 Å². The fourth-order valence-electron chi connectivity index (χ4n) is 7.28. The van der Waals surface area contributed by atoms with Crippen molar-refractivity contribution in [2.75, 3.05) is 0 Å². The van der Waals surface area contributed by atoms with Gasteiger partial charge in [0.05, 0.1) is 11.0 Å². The van der Waals surface area contributed by atoms with E-state index in [1.807, 2.05) is 11.3 Å². The minimum Gasteiger partial charge on any atom is -0.309 e. The Bertz CT molecular complexity index is 2310. The Labute approximate surface area is 230 Å². The molecule has 2 aromatic heterocycles. The van der Waals surface area contributed by atoms with Crippen molar-refractivity contribution in [3.63, 3.8) is 0 Å². The fraction of sp³-hybridized carbons (Fsp3) is 0.0811. The van der Waals surface area contributed by atoms with Gasteiger partial charge in [-0.25, -0.2) is 0 Å². The van der Waals surface area contributed by atoms with Gasteiger partial charge in [0.25, 0.3) is 0 Å². The smallest absolute Gasteiger partial charge is 0.0547 e. The van der Waals surface area contributed by atoms with E-state index in [4.69, 9.17) is 0 Å². The fourth-order valence-corrected chi connectivity index (χ4v) is 8.37. The summed E-state index contributed by atoms with van der Waals surface area (Å²) in [5.74, 6) is 0. The average molecular weight is 516 g/mol. The first kappa shape index (κ1) is 21.5. The number of thiophene rings is 1. The normalized spacial score (nSPS) is 14.1. The van der Waals surface area contributed by atoms with Crippen LogP contribution in [0, 0.1) is 0 Å². The van der Waals surface area contributed by atoms with Gasteiger partial charge in [0.1, 0.15) is 0 Å². The van der Waals surface area contributed by atoms with Gasteiger partial charge in [-0.15, -0.1) is 11.3 Å². The number of hydrogen-bond donors (Lipinski definition) is 0. The second-order valence-corrected chi connectivity index (χ2v) is 12.4. The van der Waals surface area contributed by atoms with Crippen molar-refractivity contribution in [1.29, 1.82) is 0 Å². The van der Waals surface area contributed by atoms with Gasteiger partial charge in [0.15, 0.2) is 0 Å². The third kappa shape index (κ3) is 2.69. The summed E-state index contributed by atoms with van der Waals surface area (Å²) in [6.45, 7) is 4.79. The lowest BCUT2D eigenvalue weighted by Gasteiger charge is -2.23. The van der Waals surface area contributed by atoms with Crippen LogP contribution in [0.2, 0.25) is 0 Å². The molecule has 0 spiro atoms. The molecule has 8 aromatic rings. The van der Waals surface area contributed by atoms with Crippen molar-refractivity contribution in [3.8, 4) is 16.8 Å². The predicted octanol–water partition coefficient (Wildman–Crippen LogP) is 10.6. The van der Waals surface area contributed by atoms with E-state index in [-0.39, 0.29) is 5.41 Å². The van der Waals surface area contributed by atoms with Gasteiger partial charge < -0.3 is 4.57 Å². The van der Waals surface area contributed by atoms with Gasteiger partial charge in [0, 0.05) is 42.0 Å². The van der Waals surface area contributed by atoms with E-state index < -0.39 is 0 Å². The maximum absolute atomic E-state index is 2.48. The number of hydrogen-bond acceptors (Lipinski definition) is 1. The van der Waals surface area contributed by atoms with E-state index in [1.54, 1.807) is 0 Å². The quantitative estimate of drug-likeness (QED) is 0.205. The topological polar surface area (TPSA) is 4.93 Å². The van der Waals surface area contributed by atoms with E-state index in [0.29, 0.717) is 0 Å². The summed E-state index contributed by atoms with van der Waals surface area (Å²) in [5, 5.41) is 8.02. The van der Waals surface area contributed by atoms with Crippen LogP contribution in [0.4, 0.5) is 0 Å². The molecule has 39 heavy (non-hydrogen) atoms. The minimum absolute atomic E-state index is 0.0720. The zero-order valence-electron chi connectivity index (χ0n) is 21.8. The Morgan fingerprint density at radius 2 is 1.33 bits per heavy atom. The molecule has 1 aliphatic carbocycles. The summed E-state index contributed by atoms with van der Waals surface area (Å²) in [6.07, 6.45) is 0. The largest absolute Gasteiger partial charge is 0.309 e. The molecule has 2 heterocycles. The van der Waals surface area contributed by atoms with Crippen molar-refractivity contribution < 1.29 is 0 Å². The van der Waals surface area contributed by atoms with Crippen LogP contribution in [-0.2, 0) is 5.41 Å². The van der Waals surface area contributed by atoms with E-state index in [1.165, 1.54) is 80.7 Å². The molecule has 1 nitrogen and oxygen atoms in total.